The molecule has 1 aliphatic heterocycles. The molecule has 1 unspecified atom stereocenters. The molecule has 4 heteroatoms. The van der Waals surface area contributed by atoms with E-state index in [9.17, 15) is 9.90 Å². The van der Waals surface area contributed by atoms with Gasteiger partial charge in [-0.05, 0) is 35.1 Å². The molecule has 19 heavy (non-hydrogen) atoms. The molecule has 1 aliphatic rings. The first-order valence-corrected chi connectivity index (χ1v) is 6.51. The molecular weight excluding hydrogens is 242 g/mol. The average Bonchev–Trinajstić information content (AvgIpc) is 2.35. The maximum Gasteiger partial charge on any atom is 0.407 e. The Balaban J connectivity index is 2.50. The molecule has 104 valence electrons. The molecule has 0 radical (unpaired) electrons. The lowest BCUT2D eigenvalue weighted by atomic mass is 9.77. The number of methoxy groups -OCH3 is 1. The fraction of sp³-hybridized carbons (Fsp3) is 0.533. The Bertz CT molecular complexity index is 491. The van der Waals surface area contributed by atoms with Crippen molar-refractivity contribution >= 4 is 6.09 Å². The van der Waals surface area contributed by atoms with Gasteiger partial charge in [0.15, 0.2) is 0 Å². The molecule has 1 amide bonds. The van der Waals surface area contributed by atoms with Crippen LogP contribution in [0.1, 0.15) is 37.9 Å². The number of hydrogen-bond donors (Lipinski definition) is 1. The van der Waals surface area contributed by atoms with Crippen LogP contribution in [0.25, 0.3) is 0 Å². The first kappa shape index (κ1) is 13.7. The summed E-state index contributed by atoms with van der Waals surface area (Å²) < 4.78 is 5.25. The lowest BCUT2D eigenvalue weighted by Crippen LogP contribution is -2.44. The van der Waals surface area contributed by atoms with Crippen LogP contribution < -0.4 is 4.74 Å². The third-order valence-electron chi connectivity index (χ3n) is 3.64. The van der Waals surface area contributed by atoms with Crippen molar-refractivity contribution in [2.45, 2.75) is 33.2 Å². The monoisotopic (exact) mass is 263 g/mol. The third-order valence-corrected chi connectivity index (χ3v) is 3.64. The summed E-state index contributed by atoms with van der Waals surface area (Å²) in [4.78, 5) is 13.0. The van der Waals surface area contributed by atoms with E-state index >= 15 is 0 Å². The molecule has 0 aromatic heterocycles. The molecule has 1 heterocycles. The lowest BCUT2D eigenvalue weighted by Gasteiger charge is -2.43. The maximum absolute atomic E-state index is 11.4. The molecule has 1 atom stereocenters. The topological polar surface area (TPSA) is 49.8 Å². The van der Waals surface area contributed by atoms with Crippen LogP contribution in [0.15, 0.2) is 18.2 Å². The number of ether oxygens (including phenoxy) is 1. The Morgan fingerprint density at radius 1 is 1.42 bits per heavy atom. The van der Waals surface area contributed by atoms with Gasteiger partial charge in [-0.2, -0.15) is 0 Å². The van der Waals surface area contributed by atoms with Crippen LogP contribution in [-0.2, 0) is 6.42 Å². The predicted octanol–water partition coefficient (Wildman–Crippen LogP) is 3.32. The zero-order valence-corrected chi connectivity index (χ0v) is 11.9. The molecule has 0 spiro atoms. The van der Waals surface area contributed by atoms with Gasteiger partial charge in [-0.3, -0.25) is 0 Å². The average molecular weight is 263 g/mol. The summed E-state index contributed by atoms with van der Waals surface area (Å²) in [6, 6.07) is 5.81. The number of amides is 1. The molecule has 1 N–H and O–H groups in total. The maximum atomic E-state index is 11.4. The molecule has 2 rings (SSSR count). The van der Waals surface area contributed by atoms with Crippen molar-refractivity contribution in [2.75, 3.05) is 13.7 Å². The van der Waals surface area contributed by atoms with Crippen LogP contribution >= 0.6 is 0 Å². The summed E-state index contributed by atoms with van der Waals surface area (Å²) in [6.07, 6.45) is -0.104. The number of fused-ring (bicyclic) bond motifs is 1. The van der Waals surface area contributed by atoms with E-state index in [2.05, 4.69) is 20.8 Å². The van der Waals surface area contributed by atoms with Crippen molar-refractivity contribution < 1.29 is 14.6 Å². The normalized spacial score (nSPS) is 18.9. The second-order valence-electron chi connectivity index (χ2n) is 6.06. The highest BCUT2D eigenvalue weighted by atomic mass is 16.5. The van der Waals surface area contributed by atoms with Crippen molar-refractivity contribution in [1.29, 1.82) is 0 Å². The van der Waals surface area contributed by atoms with Crippen molar-refractivity contribution in [2.24, 2.45) is 5.41 Å². The Labute approximate surface area is 114 Å². The summed E-state index contributed by atoms with van der Waals surface area (Å²) in [5, 5.41) is 9.40. The van der Waals surface area contributed by atoms with Gasteiger partial charge in [0.1, 0.15) is 5.75 Å². The van der Waals surface area contributed by atoms with Crippen molar-refractivity contribution in [1.82, 2.24) is 4.90 Å². The second-order valence-corrected chi connectivity index (χ2v) is 6.06. The van der Waals surface area contributed by atoms with Crippen molar-refractivity contribution in [3.05, 3.63) is 29.3 Å². The summed E-state index contributed by atoms with van der Waals surface area (Å²) in [6.45, 7) is 6.77. The van der Waals surface area contributed by atoms with Gasteiger partial charge in [0.2, 0.25) is 0 Å². The molecule has 1 aromatic rings. The smallest absolute Gasteiger partial charge is 0.407 e. The highest BCUT2D eigenvalue weighted by Crippen LogP contribution is 2.43. The van der Waals surface area contributed by atoms with Crippen LogP contribution in [0.4, 0.5) is 4.79 Å². The lowest BCUT2D eigenvalue weighted by molar-refractivity contribution is 0.0758. The van der Waals surface area contributed by atoms with Gasteiger partial charge in [-0.25, -0.2) is 4.79 Å². The largest absolute Gasteiger partial charge is 0.497 e. The van der Waals surface area contributed by atoms with E-state index in [1.165, 1.54) is 5.56 Å². The van der Waals surface area contributed by atoms with E-state index in [0.717, 1.165) is 17.7 Å². The van der Waals surface area contributed by atoms with Gasteiger partial charge in [-0.15, -0.1) is 0 Å². The number of carboxylic acid groups (broad SMARTS) is 1. The predicted molar refractivity (Wildman–Crippen MR) is 73.6 cm³/mol. The summed E-state index contributed by atoms with van der Waals surface area (Å²) in [5.74, 6) is 0.829. The minimum atomic E-state index is -0.846. The summed E-state index contributed by atoms with van der Waals surface area (Å²) >= 11 is 0. The molecule has 0 saturated carbocycles. The van der Waals surface area contributed by atoms with Gasteiger partial charge in [0, 0.05) is 6.54 Å². The molecule has 0 saturated heterocycles. The highest BCUT2D eigenvalue weighted by molar-refractivity contribution is 5.67. The van der Waals surface area contributed by atoms with Crippen LogP contribution in [-0.4, -0.2) is 29.8 Å². The number of nitrogens with zero attached hydrogens (tertiary/aromatic N) is 1. The fourth-order valence-electron chi connectivity index (χ4n) is 2.87. The van der Waals surface area contributed by atoms with Crippen LogP contribution in [0.2, 0.25) is 0 Å². The number of rotatable bonds is 1. The van der Waals surface area contributed by atoms with Crippen molar-refractivity contribution in [3.63, 3.8) is 0 Å². The zero-order valence-electron chi connectivity index (χ0n) is 11.9. The summed E-state index contributed by atoms with van der Waals surface area (Å²) in [7, 11) is 1.65. The van der Waals surface area contributed by atoms with E-state index < -0.39 is 6.09 Å². The van der Waals surface area contributed by atoms with E-state index in [0.29, 0.717) is 6.54 Å². The molecular formula is C15H21NO3. The Kier molecular flexibility index (Phi) is 3.43. The minimum Gasteiger partial charge on any atom is -0.497 e. The molecule has 0 fully saturated rings. The number of hydrogen-bond acceptors (Lipinski definition) is 2. The Morgan fingerprint density at radius 2 is 2.11 bits per heavy atom. The molecule has 1 aromatic carbocycles. The van der Waals surface area contributed by atoms with Crippen LogP contribution in [0.3, 0.4) is 0 Å². The SMILES string of the molecule is COc1ccc2c(c1)CCN(C(=O)O)C2C(C)(C)C. The van der Waals surface area contributed by atoms with Gasteiger partial charge < -0.3 is 14.7 Å². The Hall–Kier alpha value is -1.71. The Morgan fingerprint density at radius 3 is 2.63 bits per heavy atom. The van der Waals surface area contributed by atoms with Gasteiger partial charge in [0.25, 0.3) is 0 Å². The van der Waals surface area contributed by atoms with E-state index in [-0.39, 0.29) is 11.5 Å². The quantitative estimate of drug-likeness (QED) is 0.845. The van der Waals surface area contributed by atoms with Crippen LogP contribution in [0, 0.1) is 5.41 Å². The van der Waals surface area contributed by atoms with Gasteiger partial charge in [-0.1, -0.05) is 26.8 Å². The number of benzene rings is 1. The first-order valence-electron chi connectivity index (χ1n) is 6.51. The second kappa shape index (κ2) is 4.76. The fourth-order valence-corrected chi connectivity index (χ4v) is 2.87. The summed E-state index contributed by atoms with van der Waals surface area (Å²) in [5.41, 5.74) is 2.15. The molecule has 4 nitrogen and oxygen atoms in total. The standard InChI is InChI=1S/C15H21NO3/c1-15(2,3)13-12-6-5-11(19-4)9-10(12)7-8-16(13)14(17)18/h5-6,9,13H,7-8H2,1-4H3,(H,17,18). The molecule has 0 aliphatic carbocycles. The van der Waals surface area contributed by atoms with E-state index in [1.54, 1.807) is 12.0 Å². The van der Waals surface area contributed by atoms with Gasteiger partial charge in [0.05, 0.1) is 13.2 Å². The molecule has 0 bridgehead atoms. The first-order chi connectivity index (χ1) is 8.84. The third kappa shape index (κ3) is 2.53. The van der Waals surface area contributed by atoms with E-state index in [4.69, 9.17) is 4.74 Å². The van der Waals surface area contributed by atoms with Crippen molar-refractivity contribution in [3.8, 4) is 5.75 Å². The van der Waals surface area contributed by atoms with Gasteiger partial charge >= 0.3 is 6.09 Å². The highest BCUT2D eigenvalue weighted by Gasteiger charge is 2.38. The van der Waals surface area contributed by atoms with Crippen LogP contribution in [0.5, 0.6) is 5.75 Å². The van der Waals surface area contributed by atoms with E-state index in [1.807, 2.05) is 18.2 Å². The number of carbonyl (C=O) groups is 1. The zero-order chi connectivity index (χ0) is 14.2. The minimum absolute atomic E-state index is 0.111.